The molecule has 3 aliphatic rings. The number of hydroxylamine groups is 2. The molecule has 0 bridgehead atoms. The number of hydrogen-bond donors (Lipinski definition) is 6. The van der Waals surface area contributed by atoms with E-state index in [9.17, 15) is 45.0 Å². The number of aliphatic hydroxyl groups is 4. The van der Waals surface area contributed by atoms with Gasteiger partial charge in [0.05, 0.1) is 16.9 Å². The molecule has 0 amide bonds. The van der Waals surface area contributed by atoms with E-state index in [-0.39, 0.29) is 40.0 Å². The van der Waals surface area contributed by atoms with Gasteiger partial charge in [-0.2, -0.15) is 9.90 Å². The van der Waals surface area contributed by atoms with Crippen LogP contribution >= 0.6 is 0 Å². The second kappa shape index (κ2) is 14.6. The van der Waals surface area contributed by atoms with Gasteiger partial charge in [-0.3, -0.25) is 4.79 Å². The van der Waals surface area contributed by atoms with Crippen LogP contribution in [-0.2, 0) is 23.9 Å². The number of aryl methyl sites for hydroxylation is 2. The molecule has 0 radical (unpaired) electrons. The Bertz CT molecular complexity index is 2260. The van der Waals surface area contributed by atoms with Crippen LogP contribution in [0.25, 0.3) is 27.8 Å². The van der Waals surface area contributed by atoms with Crippen LogP contribution in [0.5, 0.6) is 11.5 Å². The Morgan fingerprint density at radius 3 is 2.41 bits per heavy atom. The van der Waals surface area contributed by atoms with Gasteiger partial charge in [-0.25, -0.2) is 9.79 Å². The van der Waals surface area contributed by atoms with Gasteiger partial charge in [0, 0.05) is 23.4 Å². The fourth-order valence-electron chi connectivity index (χ4n) is 6.63. The van der Waals surface area contributed by atoms with Crippen molar-refractivity contribution in [3.63, 3.8) is 0 Å². The first-order valence-corrected chi connectivity index (χ1v) is 16.7. The zero-order chi connectivity index (χ0) is 38.4. The first-order chi connectivity index (χ1) is 25.8. The largest absolute Gasteiger partial charge is 0.547 e. The normalized spacial score (nSPS) is 24.6. The van der Waals surface area contributed by atoms with E-state index in [2.05, 4.69) is 9.73 Å². The van der Waals surface area contributed by atoms with E-state index in [1.165, 1.54) is 36.6 Å². The average molecular weight is 743 g/mol. The van der Waals surface area contributed by atoms with Crippen molar-refractivity contribution in [3.8, 4) is 22.6 Å². The minimum Gasteiger partial charge on any atom is -0.547 e. The maximum Gasteiger partial charge on any atom is 0.343 e. The molecule has 7 rings (SSSR count). The van der Waals surface area contributed by atoms with Crippen LogP contribution < -0.4 is 20.3 Å². The standard InChI is InChI=1S/C38H34N2O14/c1-17-11-18(2)13-21(12-17)28-27-20(9-10-39-27)15-40(28)54-34-31(44)30(43)33(37(49)53-36(48)32(45)35(46)47)52-38(34)51-23-7-8-24-26(14-23)50-16-25(29(24)42)19-3-5-22(41)6-4-19/h3-14,16,30-34,37-38,41,43-45,49H,15H2,1-2H3,(H,46,47). The maximum atomic E-state index is 13.4. The quantitative estimate of drug-likeness (QED) is 0.0660. The number of aromatic hydroxyl groups is 1. The summed E-state index contributed by atoms with van der Waals surface area (Å²) in [7, 11) is 0. The number of aliphatic hydroxyl groups excluding tert-OH is 4. The molecule has 1 aromatic heterocycles. The van der Waals surface area contributed by atoms with Gasteiger partial charge in [0.15, 0.2) is 23.3 Å². The molecule has 3 aromatic carbocycles. The lowest BCUT2D eigenvalue weighted by molar-refractivity contribution is -1.04. The van der Waals surface area contributed by atoms with Gasteiger partial charge in [-0.1, -0.05) is 29.3 Å². The number of carboxylic acid groups (broad SMARTS) is 1. The Labute approximate surface area is 305 Å². The van der Waals surface area contributed by atoms with Crippen molar-refractivity contribution in [2.75, 3.05) is 6.54 Å². The van der Waals surface area contributed by atoms with E-state index < -0.39 is 55.0 Å². The fraction of sp³-hybridized carbons (Fsp3) is 0.263. The first kappa shape index (κ1) is 36.6. The van der Waals surface area contributed by atoms with Gasteiger partial charge < -0.3 is 54.1 Å². The lowest BCUT2D eigenvalue weighted by Gasteiger charge is -2.42. The summed E-state index contributed by atoms with van der Waals surface area (Å²) in [5.41, 5.74) is 5.32. The van der Waals surface area contributed by atoms with Crippen LogP contribution in [0.15, 0.2) is 98.5 Å². The molecule has 4 heterocycles. The predicted octanol–water partition coefficient (Wildman–Crippen LogP) is -0.841. The van der Waals surface area contributed by atoms with Crippen molar-refractivity contribution in [1.82, 2.24) is 0 Å². The van der Waals surface area contributed by atoms with Crippen LogP contribution in [0.4, 0.5) is 0 Å². The van der Waals surface area contributed by atoms with E-state index in [1.807, 2.05) is 38.1 Å². The molecule has 54 heavy (non-hydrogen) atoms. The number of rotatable bonds is 10. The Balaban J connectivity index is 1.22. The molecule has 6 N–H and O–H groups in total. The highest BCUT2D eigenvalue weighted by atomic mass is 16.8. The fourth-order valence-corrected chi connectivity index (χ4v) is 6.63. The van der Waals surface area contributed by atoms with E-state index in [4.69, 9.17) is 18.7 Å². The smallest absolute Gasteiger partial charge is 0.343 e. The summed E-state index contributed by atoms with van der Waals surface area (Å²) in [5.74, 6) is -3.96. The Morgan fingerprint density at radius 1 is 0.981 bits per heavy atom. The van der Waals surface area contributed by atoms with Crippen LogP contribution in [0.1, 0.15) is 16.7 Å². The van der Waals surface area contributed by atoms with Gasteiger partial charge in [0.1, 0.15) is 47.8 Å². The number of phenols is 1. The molecule has 1 fully saturated rings. The number of benzene rings is 3. The number of nitrogens with one attached hydrogen (secondary N) is 1. The third kappa shape index (κ3) is 7.02. The number of aliphatic carboxylic acids is 1. The molecule has 8 unspecified atom stereocenters. The molecule has 16 heteroatoms. The summed E-state index contributed by atoms with van der Waals surface area (Å²) in [5, 5.41) is 64.1. The molecule has 8 atom stereocenters. The van der Waals surface area contributed by atoms with Crippen LogP contribution in [-0.4, -0.2) is 93.3 Å². The monoisotopic (exact) mass is 742 g/mol. The van der Waals surface area contributed by atoms with Crippen molar-refractivity contribution in [1.29, 1.82) is 0 Å². The number of esters is 1. The number of carboxylic acids is 1. The number of phenolic OH excluding ortho intramolecular Hbond substituents is 1. The Kier molecular flexibility index (Phi) is 9.90. The number of carbonyl (C=O) groups is 2. The molecule has 16 nitrogen and oxygen atoms in total. The average Bonchev–Trinajstić information content (AvgIpc) is 3.72. The maximum absolute atomic E-state index is 13.4. The molecule has 0 spiro atoms. The highest BCUT2D eigenvalue weighted by molar-refractivity contribution is 5.95. The summed E-state index contributed by atoms with van der Waals surface area (Å²) < 4.78 is 22.4. The number of fused-ring (bicyclic) bond motifs is 2. The van der Waals surface area contributed by atoms with E-state index in [0.29, 0.717) is 22.0 Å². The lowest BCUT2D eigenvalue weighted by Crippen LogP contribution is -3.08. The SMILES string of the molecule is Cc1cc(C)cc(C2=C3N=CC=C3C[NH+]2OC2C(Oc3ccc4c(=O)c(-c5ccc(O)cc5)coc4c3)OC(C(O)OC(=O)C(O)C(=O)[O-])C(O)C2O)c1. The zero-order valence-electron chi connectivity index (χ0n) is 28.6. The first-order valence-electron chi connectivity index (χ1n) is 16.7. The summed E-state index contributed by atoms with van der Waals surface area (Å²) in [6.45, 7) is 4.13. The number of nitrogens with zero attached hydrogens (tertiary/aromatic N) is 1. The number of hydrogen-bond acceptors (Lipinski definition) is 15. The second-order valence-electron chi connectivity index (χ2n) is 13.1. The molecular formula is C38H34N2O14. The van der Waals surface area contributed by atoms with Gasteiger partial charge in [-0.15, -0.1) is 0 Å². The lowest BCUT2D eigenvalue weighted by atomic mass is 9.98. The molecule has 280 valence electrons. The number of carbonyl (C=O) groups excluding carboxylic acids is 2. The molecule has 0 saturated carbocycles. The number of quaternary nitrogens is 1. The van der Waals surface area contributed by atoms with Crippen LogP contribution in [0.2, 0.25) is 0 Å². The van der Waals surface area contributed by atoms with Crippen LogP contribution in [0, 0.1) is 13.8 Å². The van der Waals surface area contributed by atoms with Crippen molar-refractivity contribution < 1.29 is 68.8 Å². The minimum absolute atomic E-state index is 0.0244. The third-order valence-electron chi connectivity index (χ3n) is 9.16. The minimum atomic E-state index is -2.76. The summed E-state index contributed by atoms with van der Waals surface area (Å²) >= 11 is 0. The third-order valence-corrected chi connectivity index (χ3v) is 9.16. The predicted molar refractivity (Wildman–Crippen MR) is 184 cm³/mol. The van der Waals surface area contributed by atoms with Gasteiger partial charge in [0.2, 0.25) is 18.7 Å². The highest BCUT2D eigenvalue weighted by Crippen LogP contribution is 2.33. The number of ether oxygens (including phenoxy) is 3. The van der Waals surface area contributed by atoms with Crippen molar-refractivity contribution in [2.45, 2.75) is 56.9 Å². The van der Waals surface area contributed by atoms with Gasteiger partial charge >= 0.3 is 5.97 Å². The van der Waals surface area contributed by atoms with Gasteiger partial charge in [-0.05, 0) is 61.9 Å². The van der Waals surface area contributed by atoms with E-state index >= 15 is 0 Å². The Hall–Kier alpha value is -5.72. The number of aliphatic imine (C=N–C) groups is 1. The molecule has 1 saturated heterocycles. The van der Waals surface area contributed by atoms with Crippen molar-refractivity contribution in [3.05, 3.63) is 111 Å². The number of allylic oxidation sites excluding steroid dienone is 1. The zero-order valence-corrected chi connectivity index (χ0v) is 28.6. The molecule has 4 aromatic rings. The summed E-state index contributed by atoms with van der Waals surface area (Å²) in [6.07, 6.45) is -9.50. The van der Waals surface area contributed by atoms with Crippen LogP contribution in [0.3, 0.4) is 0 Å². The van der Waals surface area contributed by atoms with Gasteiger partial charge in [0.25, 0.3) is 0 Å². The van der Waals surface area contributed by atoms with E-state index in [1.54, 1.807) is 18.3 Å². The molecular weight excluding hydrogens is 708 g/mol. The highest BCUT2D eigenvalue weighted by Gasteiger charge is 2.53. The molecule has 0 aliphatic carbocycles. The topological polar surface area (TPSA) is 242 Å². The Morgan fingerprint density at radius 2 is 1.70 bits per heavy atom. The van der Waals surface area contributed by atoms with E-state index in [0.717, 1.165) is 22.3 Å². The molecule has 3 aliphatic heterocycles. The summed E-state index contributed by atoms with van der Waals surface area (Å²) in [6, 6.07) is 16.1. The van der Waals surface area contributed by atoms with Crippen molar-refractivity contribution in [2.24, 2.45) is 4.99 Å². The summed E-state index contributed by atoms with van der Waals surface area (Å²) in [4.78, 5) is 47.4. The van der Waals surface area contributed by atoms with Crippen molar-refractivity contribution >= 4 is 34.8 Å². The second-order valence-corrected chi connectivity index (χ2v) is 13.1.